The van der Waals surface area contributed by atoms with Gasteiger partial charge in [0.2, 0.25) is 0 Å². The summed E-state index contributed by atoms with van der Waals surface area (Å²) in [6, 6.07) is 56.7. The van der Waals surface area contributed by atoms with Crippen LogP contribution in [0.5, 0.6) is 0 Å². The van der Waals surface area contributed by atoms with E-state index in [0.717, 1.165) is 61.0 Å². The zero-order chi connectivity index (χ0) is 33.9. The van der Waals surface area contributed by atoms with Crippen molar-refractivity contribution in [1.29, 1.82) is 0 Å². The molecule has 5 nitrogen and oxygen atoms in total. The van der Waals surface area contributed by atoms with Crippen LogP contribution in [0, 0.1) is 6.92 Å². The highest BCUT2D eigenvalue weighted by atomic mass is 16.3. The van der Waals surface area contributed by atoms with Gasteiger partial charge in [-0.2, -0.15) is 0 Å². The molecule has 0 saturated heterocycles. The number of nitrogens with zero attached hydrogens (tertiary/aromatic N) is 4. The fourth-order valence-corrected chi connectivity index (χ4v) is 7.40. The summed E-state index contributed by atoms with van der Waals surface area (Å²) >= 11 is 0. The van der Waals surface area contributed by atoms with Crippen LogP contribution in [0.15, 0.2) is 168 Å². The predicted molar refractivity (Wildman–Crippen MR) is 208 cm³/mol. The van der Waals surface area contributed by atoms with Crippen LogP contribution >= 0.6 is 0 Å². The van der Waals surface area contributed by atoms with Gasteiger partial charge in [0.25, 0.3) is 0 Å². The Morgan fingerprint density at radius 2 is 1.06 bits per heavy atom. The lowest BCUT2D eigenvalue weighted by Gasteiger charge is -2.10. The third-order valence-corrected chi connectivity index (χ3v) is 9.78. The first-order chi connectivity index (χ1) is 25.2. The molecule has 0 amide bonds. The van der Waals surface area contributed by atoms with Crippen LogP contribution < -0.4 is 0 Å². The van der Waals surface area contributed by atoms with Crippen molar-refractivity contribution in [3.05, 3.63) is 169 Å². The van der Waals surface area contributed by atoms with Crippen LogP contribution in [0.3, 0.4) is 0 Å². The molecule has 0 aliphatic heterocycles. The molecule has 5 heteroatoms. The molecule has 7 aromatic carbocycles. The lowest BCUT2D eigenvalue weighted by molar-refractivity contribution is 0.668. The highest BCUT2D eigenvalue weighted by molar-refractivity contribution is 6.14. The molecule has 0 radical (unpaired) electrons. The van der Waals surface area contributed by atoms with Gasteiger partial charge in [0, 0.05) is 43.9 Å². The summed E-state index contributed by atoms with van der Waals surface area (Å²) in [6.45, 7) is 2.16. The summed E-state index contributed by atoms with van der Waals surface area (Å²) in [7, 11) is 0. The molecule has 10 aromatic rings. The average Bonchev–Trinajstić information content (AvgIpc) is 3.73. The average molecular weight is 655 g/mol. The SMILES string of the molecule is Cc1cc2oc3cccc(-c4nc(-c5ccccc5)nc(-c5ccccc5)n4)c3c2cc1-c1ccc2c(c1)c1ccccc1n2-c1ccccc1. The first-order valence-electron chi connectivity index (χ1n) is 17.1. The summed E-state index contributed by atoms with van der Waals surface area (Å²) in [5.74, 6) is 1.86. The van der Waals surface area contributed by atoms with E-state index in [4.69, 9.17) is 19.4 Å². The van der Waals surface area contributed by atoms with E-state index < -0.39 is 0 Å². The van der Waals surface area contributed by atoms with E-state index in [2.05, 4.69) is 102 Å². The first kappa shape index (κ1) is 29.1. The van der Waals surface area contributed by atoms with Gasteiger partial charge in [0.05, 0.1) is 11.0 Å². The zero-order valence-corrected chi connectivity index (χ0v) is 27.8. The van der Waals surface area contributed by atoms with Gasteiger partial charge in [-0.05, 0) is 72.1 Å². The molecule has 51 heavy (non-hydrogen) atoms. The third-order valence-electron chi connectivity index (χ3n) is 9.78. The van der Waals surface area contributed by atoms with E-state index in [1.807, 2.05) is 72.8 Å². The van der Waals surface area contributed by atoms with Gasteiger partial charge in [-0.3, -0.25) is 0 Å². The number of hydrogen-bond acceptors (Lipinski definition) is 4. The predicted octanol–water partition coefficient (Wildman–Crippen LogP) is 11.8. The van der Waals surface area contributed by atoms with Gasteiger partial charge in [-0.1, -0.05) is 115 Å². The summed E-state index contributed by atoms with van der Waals surface area (Å²) < 4.78 is 8.87. The molecular formula is C46H30N4O. The zero-order valence-electron chi connectivity index (χ0n) is 27.8. The van der Waals surface area contributed by atoms with Crippen molar-refractivity contribution in [2.45, 2.75) is 6.92 Å². The normalized spacial score (nSPS) is 11.6. The van der Waals surface area contributed by atoms with Crippen molar-refractivity contribution < 1.29 is 4.42 Å². The molecule has 3 heterocycles. The summed E-state index contributed by atoms with van der Waals surface area (Å²) in [5.41, 5.74) is 11.4. The minimum absolute atomic E-state index is 0.605. The van der Waals surface area contributed by atoms with Crippen molar-refractivity contribution in [3.63, 3.8) is 0 Å². The highest BCUT2D eigenvalue weighted by Crippen LogP contribution is 2.41. The Morgan fingerprint density at radius 3 is 1.78 bits per heavy atom. The van der Waals surface area contributed by atoms with Crippen LogP contribution in [-0.2, 0) is 0 Å². The fourth-order valence-electron chi connectivity index (χ4n) is 7.40. The number of fused-ring (bicyclic) bond motifs is 6. The van der Waals surface area contributed by atoms with E-state index in [0.29, 0.717) is 17.5 Å². The number of hydrogen-bond donors (Lipinski definition) is 0. The van der Waals surface area contributed by atoms with E-state index in [9.17, 15) is 0 Å². The molecule has 0 fully saturated rings. The van der Waals surface area contributed by atoms with Crippen LogP contribution in [-0.4, -0.2) is 19.5 Å². The maximum Gasteiger partial charge on any atom is 0.164 e. The molecule has 0 atom stereocenters. The minimum atomic E-state index is 0.605. The van der Waals surface area contributed by atoms with Gasteiger partial charge in [0.1, 0.15) is 11.2 Å². The summed E-state index contributed by atoms with van der Waals surface area (Å²) in [5, 5.41) is 4.46. The molecule has 240 valence electrons. The first-order valence-corrected chi connectivity index (χ1v) is 17.1. The molecule has 0 spiro atoms. The lowest BCUT2D eigenvalue weighted by Crippen LogP contribution is -2.00. The number of rotatable bonds is 5. The fraction of sp³-hybridized carbons (Fsp3) is 0.0217. The van der Waals surface area contributed by atoms with E-state index in [-0.39, 0.29) is 0 Å². The van der Waals surface area contributed by atoms with Gasteiger partial charge in [-0.15, -0.1) is 0 Å². The smallest absolute Gasteiger partial charge is 0.164 e. The third kappa shape index (κ3) is 4.82. The molecule has 3 aromatic heterocycles. The van der Waals surface area contributed by atoms with Gasteiger partial charge < -0.3 is 8.98 Å². The molecule has 0 bridgehead atoms. The van der Waals surface area contributed by atoms with Gasteiger partial charge in [0.15, 0.2) is 17.5 Å². The van der Waals surface area contributed by atoms with Crippen molar-refractivity contribution in [3.8, 4) is 51.0 Å². The second-order valence-corrected chi connectivity index (χ2v) is 12.9. The Morgan fingerprint density at radius 1 is 0.431 bits per heavy atom. The topological polar surface area (TPSA) is 56.7 Å². The van der Waals surface area contributed by atoms with Crippen molar-refractivity contribution in [2.75, 3.05) is 0 Å². The van der Waals surface area contributed by atoms with Crippen molar-refractivity contribution in [1.82, 2.24) is 19.5 Å². The Balaban J connectivity index is 1.18. The van der Waals surface area contributed by atoms with Gasteiger partial charge >= 0.3 is 0 Å². The van der Waals surface area contributed by atoms with E-state index in [1.54, 1.807) is 0 Å². The largest absolute Gasteiger partial charge is 0.456 e. The van der Waals surface area contributed by atoms with Crippen molar-refractivity contribution >= 4 is 43.7 Å². The number of benzene rings is 7. The number of furan rings is 1. The second-order valence-electron chi connectivity index (χ2n) is 12.9. The molecule has 0 unspecified atom stereocenters. The molecule has 0 N–H and O–H groups in total. The summed E-state index contributed by atoms with van der Waals surface area (Å²) in [6.07, 6.45) is 0. The lowest BCUT2D eigenvalue weighted by atomic mass is 9.95. The summed E-state index contributed by atoms with van der Waals surface area (Å²) in [4.78, 5) is 15.0. The molecule has 10 rings (SSSR count). The monoisotopic (exact) mass is 654 g/mol. The Bertz CT molecular complexity index is 2850. The van der Waals surface area contributed by atoms with E-state index in [1.165, 1.54) is 21.8 Å². The Labute approximate surface area is 294 Å². The molecule has 0 aliphatic carbocycles. The maximum atomic E-state index is 6.52. The van der Waals surface area contributed by atoms with Crippen molar-refractivity contribution in [2.24, 2.45) is 0 Å². The minimum Gasteiger partial charge on any atom is -0.456 e. The maximum absolute atomic E-state index is 6.52. The Hall–Kier alpha value is -6.85. The van der Waals surface area contributed by atoms with Crippen LogP contribution in [0.1, 0.15) is 5.56 Å². The van der Waals surface area contributed by atoms with Gasteiger partial charge in [-0.25, -0.2) is 15.0 Å². The van der Waals surface area contributed by atoms with E-state index >= 15 is 0 Å². The van der Waals surface area contributed by atoms with Crippen LogP contribution in [0.2, 0.25) is 0 Å². The highest BCUT2D eigenvalue weighted by Gasteiger charge is 2.20. The number of aryl methyl sites for hydroxylation is 1. The van der Waals surface area contributed by atoms with Crippen LogP contribution in [0.4, 0.5) is 0 Å². The standard InChI is InChI=1S/C46H30N4O/c1-29-26-42-38(28-36(29)32-24-25-40-37(27-32)34-20-11-12-22-39(34)50(40)33-18-9-4-10-19-33)43-35(21-13-23-41(43)51-42)46-48-44(30-14-5-2-6-15-30)47-45(49-46)31-16-7-3-8-17-31/h2-28H,1H3. The molecule has 0 aliphatic rings. The molecule has 0 saturated carbocycles. The van der Waals surface area contributed by atoms with Crippen LogP contribution in [0.25, 0.3) is 94.7 Å². The second kappa shape index (κ2) is 11.6. The number of para-hydroxylation sites is 2. The quantitative estimate of drug-likeness (QED) is 0.185. The molecular weight excluding hydrogens is 625 g/mol. The Kier molecular flexibility index (Phi) is 6.64. The number of aromatic nitrogens is 4.